The van der Waals surface area contributed by atoms with Crippen LogP contribution in [0.15, 0.2) is 113 Å². The molecule has 46 heavy (non-hydrogen) atoms. The summed E-state index contributed by atoms with van der Waals surface area (Å²) in [7, 11) is -8.19. The van der Waals surface area contributed by atoms with Crippen molar-refractivity contribution in [2.45, 2.75) is 35.1 Å². The molecule has 2 heterocycles. The quantitative estimate of drug-likeness (QED) is 0.159. The van der Waals surface area contributed by atoms with E-state index in [1.54, 1.807) is 24.3 Å². The zero-order valence-electron chi connectivity index (χ0n) is 25.2. The second kappa shape index (κ2) is 13.0. The van der Waals surface area contributed by atoms with Gasteiger partial charge in [-0.05, 0) is 88.7 Å². The lowest BCUT2D eigenvalue weighted by Crippen LogP contribution is -2.57. The molecule has 1 saturated heterocycles. The van der Waals surface area contributed by atoms with Crippen LogP contribution in [0.4, 0.5) is 11.4 Å². The van der Waals surface area contributed by atoms with Gasteiger partial charge in [-0.15, -0.1) is 0 Å². The van der Waals surface area contributed by atoms with Gasteiger partial charge in [-0.25, -0.2) is 0 Å². The van der Waals surface area contributed by atoms with Gasteiger partial charge in [0.25, 0.3) is 20.2 Å². The number of fused-ring (bicyclic) bond motifs is 6. The maximum atomic E-state index is 10.8. The third kappa shape index (κ3) is 7.68. The summed E-state index contributed by atoms with van der Waals surface area (Å²) in [5.41, 5.74) is 9.69. The number of rotatable bonds is 4. The van der Waals surface area contributed by atoms with Crippen molar-refractivity contribution in [3.63, 3.8) is 0 Å². The van der Waals surface area contributed by atoms with Gasteiger partial charge >= 0.3 is 0 Å². The molecule has 4 N–H and O–H groups in total. The Labute approximate surface area is 269 Å². The van der Waals surface area contributed by atoms with Gasteiger partial charge in [0.2, 0.25) is 0 Å². The third-order valence-electron chi connectivity index (χ3n) is 8.74. The lowest BCUT2D eigenvalue weighted by Gasteiger charge is -2.47. The number of anilines is 2. The van der Waals surface area contributed by atoms with Gasteiger partial charge in [-0.1, -0.05) is 66.7 Å². The fourth-order valence-electron chi connectivity index (χ4n) is 6.14. The summed E-state index contributed by atoms with van der Waals surface area (Å²) in [6, 6.07) is 30.9. The molecule has 3 aliphatic rings. The van der Waals surface area contributed by atoms with Crippen molar-refractivity contribution in [3.8, 4) is 0 Å². The van der Waals surface area contributed by atoms with Gasteiger partial charge < -0.3 is 10.6 Å². The van der Waals surface area contributed by atoms with Crippen molar-refractivity contribution in [2.75, 3.05) is 36.8 Å². The van der Waals surface area contributed by atoms with Crippen LogP contribution in [-0.2, 0) is 26.7 Å². The van der Waals surface area contributed by atoms with Gasteiger partial charge in [0.05, 0.1) is 9.79 Å². The van der Waals surface area contributed by atoms with Gasteiger partial charge in [0.1, 0.15) is 0 Å². The Morgan fingerprint density at radius 3 is 1.74 bits per heavy atom. The molecule has 8 rings (SSSR count). The van der Waals surface area contributed by atoms with Gasteiger partial charge in [-0.2, -0.15) is 16.8 Å². The molecule has 1 aliphatic carbocycles. The van der Waals surface area contributed by atoms with E-state index in [1.165, 1.54) is 81.0 Å². The molecule has 5 aromatic carbocycles. The Morgan fingerprint density at radius 2 is 1.22 bits per heavy atom. The molecule has 9 nitrogen and oxygen atoms in total. The summed E-state index contributed by atoms with van der Waals surface area (Å²) >= 11 is 0. The highest BCUT2D eigenvalue weighted by molar-refractivity contribution is 7.86. The Hall–Kier alpha value is -4.00. The molecule has 1 atom stereocenters. The lowest BCUT2D eigenvalue weighted by atomic mass is 9.94. The number of nitrogens with two attached hydrogens (primary N) is 1. The lowest BCUT2D eigenvalue weighted by molar-refractivity contribution is 0.162. The predicted octanol–water partition coefficient (Wildman–Crippen LogP) is 5.90. The molecule has 2 aliphatic heterocycles. The van der Waals surface area contributed by atoms with Crippen LogP contribution in [-0.4, -0.2) is 63.1 Å². The number of benzene rings is 5. The summed E-state index contributed by atoms with van der Waals surface area (Å²) in [6.45, 7) is 4.93. The van der Waals surface area contributed by atoms with Crippen LogP contribution < -0.4 is 10.6 Å². The van der Waals surface area contributed by atoms with E-state index in [0.717, 1.165) is 39.2 Å². The van der Waals surface area contributed by atoms with E-state index in [9.17, 15) is 16.8 Å². The minimum absolute atomic E-state index is 0.0730. The smallest absolute Gasteiger partial charge is 0.294 e. The topological polar surface area (TPSA) is 141 Å². The summed E-state index contributed by atoms with van der Waals surface area (Å²) < 4.78 is 61.0. The van der Waals surface area contributed by atoms with Crippen molar-refractivity contribution < 1.29 is 25.9 Å². The zero-order valence-corrected chi connectivity index (χ0v) is 26.9. The second-order valence-electron chi connectivity index (χ2n) is 12.1. The maximum Gasteiger partial charge on any atom is 0.294 e. The van der Waals surface area contributed by atoms with Gasteiger partial charge in [-0.3, -0.25) is 14.0 Å². The molecule has 0 spiro atoms. The van der Waals surface area contributed by atoms with Crippen molar-refractivity contribution in [3.05, 3.63) is 109 Å². The van der Waals surface area contributed by atoms with E-state index in [4.69, 9.17) is 14.8 Å². The van der Waals surface area contributed by atoms with Crippen LogP contribution >= 0.6 is 0 Å². The summed E-state index contributed by atoms with van der Waals surface area (Å²) in [5, 5.41) is 3.48. The fourth-order valence-corrected chi connectivity index (χ4v) is 7.17. The summed E-state index contributed by atoms with van der Waals surface area (Å²) in [6.07, 6.45) is 4.12. The molecule has 1 unspecified atom stereocenters. The highest BCUT2D eigenvalue weighted by atomic mass is 32.2. The van der Waals surface area contributed by atoms with Gasteiger partial charge in [0.15, 0.2) is 0 Å². The molecule has 240 valence electrons. The van der Waals surface area contributed by atoms with Crippen LogP contribution in [0, 0.1) is 5.92 Å². The van der Waals surface area contributed by atoms with Crippen LogP contribution in [0.2, 0.25) is 0 Å². The minimum atomic E-state index is -4.09. The van der Waals surface area contributed by atoms with Crippen molar-refractivity contribution in [2.24, 2.45) is 5.92 Å². The zero-order chi connectivity index (χ0) is 32.5. The third-order valence-corrected chi connectivity index (χ3v) is 10.4. The summed E-state index contributed by atoms with van der Waals surface area (Å²) in [5.74, 6) is 1.00. The van der Waals surface area contributed by atoms with E-state index < -0.39 is 20.2 Å². The molecule has 1 saturated carbocycles. The first-order valence-electron chi connectivity index (χ1n) is 15.2. The van der Waals surface area contributed by atoms with E-state index >= 15 is 0 Å². The van der Waals surface area contributed by atoms with Gasteiger partial charge in [0, 0.05) is 43.6 Å². The number of piperazine rings is 1. The molecular weight excluding hydrogens is 623 g/mol. The Balaban J connectivity index is 0.000000123. The van der Waals surface area contributed by atoms with Crippen LogP contribution in [0.5, 0.6) is 0 Å². The standard InChI is InChI=1S/C15H21N3.2C10H8O3S/c16-13-4-3-12-7-14-10-18(15(12)8-13)6-5-17(14)9-11-1-2-11;2*11-14(12,13)10-6-5-8-3-1-2-4-9(8)7-10/h3-4,8,11,14H,1-2,5-7,9-10,16H2;2*1-7H,(H,11,12,13). The summed E-state index contributed by atoms with van der Waals surface area (Å²) in [4.78, 5) is 5.11. The Bertz CT molecular complexity index is 1990. The molecule has 11 heteroatoms. The highest BCUT2D eigenvalue weighted by Gasteiger charge is 2.35. The average Bonchev–Trinajstić information content (AvgIpc) is 3.86. The first-order valence-corrected chi connectivity index (χ1v) is 18.1. The molecule has 0 radical (unpaired) electrons. The molecular formula is C35H37N3O6S2. The normalized spacial score (nSPS) is 17.8. The van der Waals surface area contributed by atoms with E-state index in [2.05, 4.69) is 21.9 Å². The van der Waals surface area contributed by atoms with Crippen LogP contribution in [0.1, 0.15) is 18.4 Å². The fraction of sp³-hybridized carbons (Fsp3) is 0.257. The maximum absolute atomic E-state index is 10.8. The van der Waals surface area contributed by atoms with E-state index in [0.29, 0.717) is 0 Å². The highest BCUT2D eigenvalue weighted by Crippen LogP contribution is 2.36. The Morgan fingerprint density at radius 1 is 0.674 bits per heavy atom. The monoisotopic (exact) mass is 659 g/mol. The number of hydrogen-bond acceptors (Lipinski definition) is 7. The Kier molecular flexibility index (Phi) is 9.04. The number of nitrogens with zero attached hydrogens (tertiary/aromatic N) is 2. The van der Waals surface area contributed by atoms with Crippen molar-refractivity contribution in [1.29, 1.82) is 0 Å². The second-order valence-corrected chi connectivity index (χ2v) is 14.9. The molecule has 0 aromatic heterocycles. The average molecular weight is 660 g/mol. The number of hydrogen-bond donors (Lipinski definition) is 3. The van der Waals surface area contributed by atoms with E-state index in [-0.39, 0.29) is 9.79 Å². The van der Waals surface area contributed by atoms with Crippen LogP contribution in [0.25, 0.3) is 21.5 Å². The molecule has 2 bridgehead atoms. The molecule has 0 amide bonds. The first-order chi connectivity index (χ1) is 21.9. The first kappa shape index (κ1) is 32.0. The largest absolute Gasteiger partial charge is 0.399 e. The minimum Gasteiger partial charge on any atom is -0.399 e. The molecule has 5 aromatic rings. The predicted molar refractivity (Wildman–Crippen MR) is 182 cm³/mol. The number of nitrogen functional groups attached to an aromatic ring is 1. The SMILES string of the molecule is Nc1ccc2c(c1)N1CCN(CC3CC3)C(C2)C1.O=S(=O)(O)c1ccc2ccccc2c1.O=S(=O)(O)c1ccc2ccccc2c1. The van der Waals surface area contributed by atoms with Crippen molar-refractivity contribution >= 4 is 53.2 Å². The van der Waals surface area contributed by atoms with E-state index in [1.807, 2.05) is 42.5 Å². The van der Waals surface area contributed by atoms with Crippen LogP contribution in [0.3, 0.4) is 0 Å². The molecule has 2 fully saturated rings. The van der Waals surface area contributed by atoms with Crippen molar-refractivity contribution in [1.82, 2.24) is 4.90 Å².